The first-order chi connectivity index (χ1) is 15.5. The van der Waals surface area contributed by atoms with Gasteiger partial charge in [0, 0.05) is 5.92 Å². The van der Waals surface area contributed by atoms with Gasteiger partial charge in [0.15, 0.2) is 0 Å². The first-order valence-electron chi connectivity index (χ1n) is 13.9. The van der Waals surface area contributed by atoms with E-state index in [4.69, 9.17) is 0 Å². The van der Waals surface area contributed by atoms with E-state index < -0.39 is 17.3 Å². The Bertz CT molecular complexity index is 828. The average Bonchev–Trinajstić information content (AvgIpc) is 3.02. The van der Waals surface area contributed by atoms with E-state index in [0.29, 0.717) is 31.1 Å². The number of fused-ring (bicyclic) bond motifs is 5. The monoisotopic (exact) mass is 476 g/mol. The molecule has 4 saturated carbocycles. The van der Waals surface area contributed by atoms with Crippen molar-refractivity contribution in [1.82, 2.24) is 0 Å². The summed E-state index contributed by atoms with van der Waals surface area (Å²) in [4.78, 5) is 0. The minimum Gasteiger partial charge on any atom is -0.393 e. The van der Waals surface area contributed by atoms with Gasteiger partial charge in [-0.05, 0) is 112 Å². The summed E-state index contributed by atoms with van der Waals surface area (Å²) in [7, 11) is 0. The second-order valence-corrected chi connectivity index (χ2v) is 14.7. The molecular formula is C30H52O4. The highest BCUT2D eigenvalue weighted by Gasteiger charge is 2.74. The molecule has 4 N–H and O–H groups in total. The van der Waals surface area contributed by atoms with E-state index in [1.54, 1.807) is 6.92 Å². The highest BCUT2D eigenvalue weighted by molar-refractivity contribution is 5.24. The summed E-state index contributed by atoms with van der Waals surface area (Å²) in [6, 6.07) is 0. The zero-order valence-corrected chi connectivity index (χ0v) is 23.1. The Balaban J connectivity index is 1.71. The molecule has 4 fully saturated rings. The molecule has 4 nitrogen and oxygen atoms in total. The van der Waals surface area contributed by atoms with Crippen LogP contribution in [0.5, 0.6) is 0 Å². The van der Waals surface area contributed by atoms with Gasteiger partial charge in [-0.2, -0.15) is 0 Å². The molecule has 4 heteroatoms. The van der Waals surface area contributed by atoms with Crippen molar-refractivity contribution in [2.75, 3.05) is 0 Å². The summed E-state index contributed by atoms with van der Waals surface area (Å²) in [6.45, 7) is 17.6. The quantitative estimate of drug-likeness (QED) is 0.397. The van der Waals surface area contributed by atoms with Gasteiger partial charge >= 0.3 is 0 Å². The van der Waals surface area contributed by atoms with Gasteiger partial charge in [0.05, 0.1) is 23.4 Å². The van der Waals surface area contributed by atoms with Gasteiger partial charge < -0.3 is 20.4 Å². The minimum atomic E-state index is -1.29. The molecule has 0 bridgehead atoms. The van der Waals surface area contributed by atoms with Crippen molar-refractivity contribution >= 4 is 0 Å². The normalized spacial score (nSPS) is 51.6. The fourth-order valence-corrected chi connectivity index (χ4v) is 10.3. The summed E-state index contributed by atoms with van der Waals surface area (Å²) < 4.78 is 0. The first-order valence-corrected chi connectivity index (χ1v) is 13.9. The Labute approximate surface area is 208 Å². The molecule has 0 saturated heterocycles. The number of rotatable bonds is 4. The summed E-state index contributed by atoms with van der Waals surface area (Å²) in [5, 5.41) is 46.4. The van der Waals surface area contributed by atoms with E-state index >= 15 is 0 Å². The van der Waals surface area contributed by atoms with E-state index in [1.807, 2.05) is 0 Å². The van der Waals surface area contributed by atoms with E-state index in [0.717, 1.165) is 38.5 Å². The molecule has 4 rings (SSSR count). The van der Waals surface area contributed by atoms with Crippen molar-refractivity contribution in [3.8, 4) is 0 Å². The van der Waals surface area contributed by atoms with Crippen LogP contribution in [0.1, 0.15) is 113 Å². The lowest BCUT2D eigenvalue weighted by atomic mass is 9.35. The highest BCUT2D eigenvalue weighted by atomic mass is 16.4. The Kier molecular flexibility index (Phi) is 6.30. The zero-order valence-electron chi connectivity index (χ0n) is 23.1. The molecule has 0 aliphatic heterocycles. The fourth-order valence-electron chi connectivity index (χ4n) is 10.3. The Morgan fingerprint density at radius 3 is 2.18 bits per heavy atom. The standard InChI is InChI=1S/C30H52O4/c1-19(2)10-9-13-29(8,33)30(34)17-16-28(7)24(30)20(31)18-22-26(5)14-12-23(32)25(3,4)21(26)11-15-27(22,28)6/h10,20-24,31-34H,9,11-18H2,1-8H3/t20-,21+,22-,23-,24+,26+,27-,28-,29+,30-/m1/s1. The van der Waals surface area contributed by atoms with Gasteiger partial charge in [0.25, 0.3) is 0 Å². The van der Waals surface area contributed by atoms with Crippen molar-refractivity contribution in [3.63, 3.8) is 0 Å². The first kappa shape index (κ1) is 26.6. The molecule has 0 aromatic rings. The Morgan fingerprint density at radius 1 is 0.912 bits per heavy atom. The molecular weight excluding hydrogens is 424 g/mol. The predicted octanol–water partition coefficient (Wildman–Crippen LogP) is 5.62. The van der Waals surface area contributed by atoms with Crippen molar-refractivity contribution in [3.05, 3.63) is 11.6 Å². The van der Waals surface area contributed by atoms with Crippen LogP contribution in [-0.4, -0.2) is 43.8 Å². The molecule has 0 aromatic heterocycles. The smallest absolute Gasteiger partial charge is 0.0988 e. The maximum absolute atomic E-state index is 12.2. The predicted molar refractivity (Wildman–Crippen MR) is 137 cm³/mol. The lowest BCUT2D eigenvalue weighted by Gasteiger charge is -2.70. The lowest BCUT2D eigenvalue weighted by molar-refractivity contribution is -0.271. The van der Waals surface area contributed by atoms with E-state index in [9.17, 15) is 20.4 Å². The molecule has 0 amide bonds. The van der Waals surface area contributed by atoms with Gasteiger partial charge in [-0.15, -0.1) is 0 Å². The molecule has 0 spiro atoms. The number of hydrogen-bond donors (Lipinski definition) is 4. The summed E-state index contributed by atoms with van der Waals surface area (Å²) in [5.74, 6) is 0.451. The van der Waals surface area contributed by atoms with Crippen LogP contribution in [0, 0.1) is 39.4 Å². The maximum Gasteiger partial charge on any atom is 0.0988 e. The topological polar surface area (TPSA) is 80.9 Å². The van der Waals surface area contributed by atoms with Crippen LogP contribution >= 0.6 is 0 Å². The van der Waals surface area contributed by atoms with Crippen molar-refractivity contribution in [2.24, 2.45) is 39.4 Å². The minimum absolute atomic E-state index is 0.0129. The number of aliphatic hydroxyl groups is 4. The molecule has 0 heterocycles. The van der Waals surface area contributed by atoms with Crippen LogP contribution < -0.4 is 0 Å². The maximum atomic E-state index is 12.2. The van der Waals surface area contributed by atoms with Crippen LogP contribution in [0.4, 0.5) is 0 Å². The zero-order chi connectivity index (χ0) is 25.5. The number of aliphatic hydroxyl groups excluding tert-OH is 2. The molecule has 196 valence electrons. The van der Waals surface area contributed by atoms with Crippen molar-refractivity contribution in [1.29, 1.82) is 0 Å². The van der Waals surface area contributed by atoms with Gasteiger partial charge in [0.1, 0.15) is 0 Å². The van der Waals surface area contributed by atoms with Gasteiger partial charge in [0.2, 0.25) is 0 Å². The third-order valence-electron chi connectivity index (χ3n) is 12.5. The van der Waals surface area contributed by atoms with Crippen LogP contribution in [-0.2, 0) is 0 Å². The number of allylic oxidation sites excluding steroid dienone is 2. The summed E-state index contributed by atoms with van der Waals surface area (Å²) in [5.41, 5.74) is -1.62. The Morgan fingerprint density at radius 2 is 1.56 bits per heavy atom. The summed E-state index contributed by atoms with van der Waals surface area (Å²) >= 11 is 0. The van der Waals surface area contributed by atoms with E-state index in [2.05, 4.69) is 54.5 Å². The SMILES string of the molecule is CC(C)=CCC[C@](C)(O)[C@@]1(O)CC[C@]2(C)[C@@H]1[C@H](O)C[C@@H]1[C@@]3(C)CC[C@@H](O)C(C)(C)[C@@H]3CC[C@]12C. The molecule has 4 aliphatic rings. The molecule has 0 aromatic carbocycles. The number of hydrogen-bond acceptors (Lipinski definition) is 4. The van der Waals surface area contributed by atoms with Crippen molar-refractivity contribution in [2.45, 2.75) is 137 Å². The summed E-state index contributed by atoms with van der Waals surface area (Å²) in [6.07, 6.45) is 8.50. The van der Waals surface area contributed by atoms with Crippen LogP contribution in [0.2, 0.25) is 0 Å². The van der Waals surface area contributed by atoms with Crippen LogP contribution in [0.25, 0.3) is 0 Å². The average molecular weight is 477 g/mol. The van der Waals surface area contributed by atoms with Crippen LogP contribution in [0.3, 0.4) is 0 Å². The highest BCUT2D eigenvalue weighted by Crippen LogP contribution is 2.76. The van der Waals surface area contributed by atoms with E-state index in [1.165, 1.54) is 5.57 Å². The van der Waals surface area contributed by atoms with Gasteiger partial charge in [-0.25, -0.2) is 0 Å². The van der Waals surface area contributed by atoms with Gasteiger partial charge in [-0.1, -0.05) is 46.3 Å². The van der Waals surface area contributed by atoms with Crippen LogP contribution in [0.15, 0.2) is 11.6 Å². The molecule has 34 heavy (non-hydrogen) atoms. The second kappa shape index (κ2) is 8.04. The third kappa shape index (κ3) is 3.37. The lowest BCUT2D eigenvalue weighted by Crippen LogP contribution is -2.69. The Hall–Kier alpha value is -0.420. The van der Waals surface area contributed by atoms with E-state index in [-0.39, 0.29) is 33.7 Å². The molecule has 10 atom stereocenters. The third-order valence-corrected chi connectivity index (χ3v) is 12.5. The van der Waals surface area contributed by atoms with Gasteiger partial charge in [-0.3, -0.25) is 0 Å². The molecule has 0 unspecified atom stereocenters. The second-order valence-electron chi connectivity index (χ2n) is 14.7. The molecule has 4 aliphatic carbocycles. The fraction of sp³-hybridized carbons (Fsp3) is 0.933. The van der Waals surface area contributed by atoms with Crippen molar-refractivity contribution < 1.29 is 20.4 Å². The molecule has 0 radical (unpaired) electrons. The largest absolute Gasteiger partial charge is 0.393 e.